The highest BCUT2D eigenvalue weighted by Gasteiger charge is 2.13. The summed E-state index contributed by atoms with van der Waals surface area (Å²) in [5, 5.41) is 27.1. The molecule has 6 heteroatoms. The van der Waals surface area contributed by atoms with Crippen LogP contribution in [0.4, 0.5) is 0 Å². The Morgan fingerprint density at radius 2 is 2.00 bits per heavy atom. The molecule has 0 aliphatic rings. The maximum atomic E-state index is 10.6. The van der Waals surface area contributed by atoms with Crippen molar-refractivity contribution in [3.05, 3.63) is 23.3 Å². The predicted octanol–water partition coefficient (Wildman–Crippen LogP) is 0.632. The number of hydrogen-bond donors (Lipinski definition) is 3. The summed E-state index contributed by atoms with van der Waals surface area (Å²) in [6.45, 7) is -0.185. The smallest absolute Gasteiger partial charge is 0.339 e. The summed E-state index contributed by atoms with van der Waals surface area (Å²) in [4.78, 5) is 23.6. The lowest BCUT2D eigenvalue weighted by Gasteiger charge is -2.04. The van der Waals surface area contributed by atoms with E-state index >= 15 is 0 Å². The van der Waals surface area contributed by atoms with E-state index < -0.39 is 11.7 Å². The molecular weight excluding hydrogens is 202 g/mol. The second kappa shape index (κ2) is 4.26. The summed E-state index contributed by atoms with van der Waals surface area (Å²) in [6.07, 6.45) is 1.26. The molecule has 0 bridgehead atoms. The third kappa shape index (κ3) is 2.32. The Hall–Kier alpha value is -2.33. The molecule has 15 heavy (non-hydrogen) atoms. The number of nitrogens with zero attached hydrogens (tertiary/aromatic N) is 1. The molecule has 0 aromatic heterocycles. The van der Waals surface area contributed by atoms with Crippen molar-refractivity contribution in [1.29, 1.82) is 0 Å². The quantitative estimate of drug-likeness (QED) is 0.500. The van der Waals surface area contributed by atoms with Gasteiger partial charge in [-0.2, -0.15) is 0 Å². The maximum Gasteiger partial charge on any atom is 0.339 e. The van der Waals surface area contributed by atoms with Crippen LogP contribution in [0.15, 0.2) is 17.1 Å². The topological polar surface area (TPSA) is 107 Å². The molecule has 0 saturated carbocycles. The number of carbonyl (C=O) groups excluding carboxylic acids is 1. The van der Waals surface area contributed by atoms with Gasteiger partial charge in [0.1, 0.15) is 17.1 Å². The number of phenols is 2. The van der Waals surface area contributed by atoms with Crippen LogP contribution in [0.2, 0.25) is 0 Å². The fourth-order valence-electron chi connectivity index (χ4n) is 1.04. The maximum absolute atomic E-state index is 10.6. The molecule has 0 heterocycles. The molecule has 1 aromatic rings. The summed E-state index contributed by atoms with van der Waals surface area (Å²) in [5.41, 5.74) is -0.225. The van der Waals surface area contributed by atoms with Crippen LogP contribution < -0.4 is 0 Å². The third-order valence-electron chi connectivity index (χ3n) is 1.74. The number of aromatic hydroxyl groups is 2. The average molecular weight is 209 g/mol. The van der Waals surface area contributed by atoms with Crippen LogP contribution in [0.5, 0.6) is 11.5 Å². The number of carbonyl (C=O) groups is 1. The Labute approximate surface area is 84.1 Å². The van der Waals surface area contributed by atoms with Crippen LogP contribution in [-0.4, -0.2) is 27.4 Å². The van der Waals surface area contributed by atoms with Crippen LogP contribution in [0.1, 0.15) is 15.9 Å². The van der Waals surface area contributed by atoms with Gasteiger partial charge in [-0.1, -0.05) is 0 Å². The van der Waals surface area contributed by atoms with E-state index in [1.54, 1.807) is 0 Å². The average Bonchev–Trinajstić information content (AvgIpc) is 2.16. The fraction of sp³-hybridized carbons (Fsp3) is 0.111. The van der Waals surface area contributed by atoms with E-state index in [1.807, 2.05) is 0 Å². The molecule has 0 atom stereocenters. The Morgan fingerprint density at radius 3 is 2.53 bits per heavy atom. The van der Waals surface area contributed by atoms with Crippen LogP contribution in [0.25, 0.3) is 0 Å². The first kappa shape index (κ1) is 10.7. The summed E-state index contributed by atoms with van der Waals surface area (Å²) >= 11 is 0. The zero-order valence-corrected chi connectivity index (χ0v) is 7.47. The second-order valence-corrected chi connectivity index (χ2v) is 2.71. The Bertz CT molecular complexity index is 448. The molecule has 1 aromatic carbocycles. The van der Waals surface area contributed by atoms with E-state index in [2.05, 4.69) is 4.99 Å². The first-order valence-electron chi connectivity index (χ1n) is 3.88. The van der Waals surface area contributed by atoms with Gasteiger partial charge in [-0.3, -0.25) is 0 Å². The summed E-state index contributed by atoms with van der Waals surface area (Å²) in [5.74, 6) is -2.20. The van der Waals surface area contributed by atoms with Crippen molar-refractivity contribution >= 4 is 12.0 Å². The van der Waals surface area contributed by atoms with E-state index in [0.29, 0.717) is 0 Å². The molecule has 78 valence electrons. The van der Waals surface area contributed by atoms with E-state index in [4.69, 9.17) is 10.2 Å². The molecule has 1 rings (SSSR count). The van der Waals surface area contributed by atoms with E-state index in [9.17, 15) is 14.7 Å². The van der Waals surface area contributed by atoms with Gasteiger partial charge in [0.2, 0.25) is 6.08 Å². The van der Waals surface area contributed by atoms with Gasteiger partial charge in [-0.05, 0) is 6.07 Å². The monoisotopic (exact) mass is 209 g/mol. The lowest BCUT2D eigenvalue weighted by Crippen LogP contribution is -1.98. The highest BCUT2D eigenvalue weighted by molar-refractivity contribution is 5.91. The molecule has 0 unspecified atom stereocenters. The van der Waals surface area contributed by atoms with Gasteiger partial charge >= 0.3 is 5.97 Å². The lowest BCUT2D eigenvalue weighted by molar-refractivity contribution is 0.0693. The Balaban J connectivity index is 3.22. The number of aromatic carboxylic acids is 1. The van der Waals surface area contributed by atoms with Gasteiger partial charge in [0.25, 0.3) is 0 Å². The van der Waals surface area contributed by atoms with E-state index in [0.717, 1.165) is 12.1 Å². The number of rotatable bonds is 3. The van der Waals surface area contributed by atoms with Crippen molar-refractivity contribution < 1.29 is 24.9 Å². The molecule has 0 fully saturated rings. The summed E-state index contributed by atoms with van der Waals surface area (Å²) in [6, 6.07) is 1.94. The number of benzene rings is 1. The van der Waals surface area contributed by atoms with Crippen molar-refractivity contribution in [2.24, 2.45) is 4.99 Å². The fourth-order valence-corrected chi connectivity index (χ4v) is 1.04. The number of hydrogen-bond acceptors (Lipinski definition) is 5. The second-order valence-electron chi connectivity index (χ2n) is 2.71. The molecule has 0 saturated heterocycles. The highest BCUT2D eigenvalue weighted by atomic mass is 16.4. The van der Waals surface area contributed by atoms with Gasteiger partial charge in [0.15, 0.2) is 0 Å². The van der Waals surface area contributed by atoms with Gasteiger partial charge in [0.05, 0.1) is 6.54 Å². The summed E-state index contributed by atoms with van der Waals surface area (Å²) < 4.78 is 0. The minimum atomic E-state index is -1.33. The van der Waals surface area contributed by atoms with Gasteiger partial charge in [0, 0.05) is 11.6 Å². The molecular formula is C9H7NO5. The first-order chi connectivity index (χ1) is 7.06. The number of carboxylic acid groups (broad SMARTS) is 1. The first-order valence-corrected chi connectivity index (χ1v) is 3.88. The Kier molecular flexibility index (Phi) is 3.05. The number of carboxylic acids is 1. The largest absolute Gasteiger partial charge is 0.507 e. The standard InChI is InChI=1S/C9H7NO5/c11-4-10-3-5-1-6(9(14)15)8(13)2-7(5)12/h1-2,12-13H,3H2,(H,14,15). The molecule has 0 radical (unpaired) electrons. The summed E-state index contributed by atoms with van der Waals surface area (Å²) in [7, 11) is 0. The zero-order valence-electron chi connectivity index (χ0n) is 7.47. The van der Waals surface area contributed by atoms with Crippen molar-refractivity contribution in [1.82, 2.24) is 0 Å². The SMILES string of the molecule is O=C=NCc1cc(C(=O)O)c(O)cc1O. The van der Waals surface area contributed by atoms with Crippen LogP contribution in [0, 0.1) is 0 Å². The minimum absolute atomic E-state index is 0.133. The van der Waals surface area contributed by atoms with E-state index in [1.165, 1.54) is 6.08 Å². The number of isocyanates is 1. The number of aliphatic imine (C=N–C) groups is 1. The van der Waals surface area contributed by atoms with Gasteiger partial charge in [-0.15, -0.1) is 0 Å². The predicted molar refractivity (Wildman–Crippen MR) is 48.6 cm³/mol. The lowest BCUT2D eigenvalue weighted by atomic mass is 10.1. The van der Waals surface area contributed by atoms with Crippen LogP contribution >= 0.6 is 0 Å². The van der Waals surface area contributed by atoms with Crippen molar-refractivity contribution in [2.45, 2.75) is 6.54 Å². The molecule has 0 aliphatic carbocycles. The van der Waals surface area contributed by atoms with Crippen molar-refractivity contribution in [2.75, 3.05) is 0 Å². The normalized spacial score (nSPS) is 9.33. The van der Waals surface area contributed by atoms with Crippen molar-refractivity contribution in [3.8, 4) is 11.5 Å². The molecule has 0 spiro atoms. The zero-order chi connectivity index (χ0) is 11.4. The minimum Gasteiger partial charge on any atom is -0.507 e. The number of phenolic OH excluding ortho intramolecular Hbond substituents is 1. The highest BCUT2D eigenvalue weighted by Crippen LogP contribution is 2.27. The molecule has 3 N–H and O–H groups in total. The van der Waals surface area contributed by atoms with Crippen LogP contribution in [0.3, 0.4) is 0 Å². The van der Waals surface area contributed by atoms with Crippen LogP contribution in [-0.2, 0) is 11.3 Å². The van der Waals surface area contributed by atoms with Gasteiger partial charge < -0.3 is 15.3 Å². The Morgan fingerprint density at radius 1 is 1.33 bits per heavy atom. The third-order valence-corrected chi connectivity index (χ3v) is 1.74. The molecule has 6 nitrogen and oxygen atoms in total. The molecule has 0 amide bonds. The van der Waals surface area contributed by atoms with Crippen molar-refractivity contribution in [3.63, 3.8) is 0 Å². The van der Waals surface area contributed by atoms with Gasteiger partial charge in [-0.25, -0.2) is 14.6 Å². The van der Waals surface area contributed by atoms with E-state index in [-0.39, 0.29) is 23.4 Å². The molecule has 0 aliphatic heterocycles.